The van der Waals surface area contributed by atoms with E-state index in [-0.39, 0.29) is 11.5 Å². The third-order valence-electron chi connectivity index (χ3n) is 5.82. The Kier molecular flexibility index (Phi) is 5.45. The lowest BCUT2D eigenvalue weighted by atomic mass is 9.99. The molecule has 0 aliphatic carbocycles. The van der Waals surface area contributed by atoms with Crippen LogP contribution in [0.4, 0.5) is 5.69 Å². The predicted octanol–water partition coefficient (Wildman–Crippen LogP) is 6.00. The third kappa shape index (κ3) is 3.85. The third-order valence-corrected chi connectivity index (χ3v) is 5.82. The van der Waals surface area contributed by atoms with E-state index in [2.05, 4.69) is 20.4 Å². The molecule has 1 atom stereocenters. The Morgan fingerprint density at radius 1 is 1.03 bits per heavy atom. The Labute approximate surface area is 196 Å². The van der Waals surface area contributed by atoms with Crippen molar-refractivity contribution in [2.75, 3.05) is 5.32 Å². The van der Waals surface area contributed by atoms with Crippen LogP contribution in [-0.4, -0.2) is 15.1 Å². The lowest BCUT2D eigenvalue weighted by Gasteiger charge is -2.19. The lowest BCUT2D eigenvalue weighted by Crippen LogP contribution is -2.13. The first-order valence-corrected chi connectivity index (χ1v) is 11.1. The summed E-state index contributed by atoms with van der Waals surface area (Å²) in [5, 5.41) is 8.07. The Balaban J connectivity index is 1.63. The number of aryl methyl sites for hydroxylation is 2. The maximum absolute atomic E-state index is 13.3. The summed E-state index contributed by atoms with van der Waals surface area (Å²) in [6.07, 6.45) is 5.11. The molecule has 5 aromatic rings. The van der Waals surface area contributed by atoms with Crippen LogP contribution in [0.5, 0.6) is 0 Å². The molecule has 0 bridgehead atoms. The van der Waals surface area contributed by atoms with Gasteiger partial charge < -0.3 is 14.3 Å². The summed E-state index contributed by atoms with van der Waals surface area (Å²) in [5.41, 5.74) is 5.94. The Morgan fingerprint density at radius 3 is 2.59 bits per heavy atom. The van der Waals surface area contributed by atoms with E-state index in [1.165, 1.54) is 0 Å². The summed E-state index contributed by atoms with van der Waals surface area (Å²) in [6.45, 7) is 7.67. The summed E-state index contributed by atoms with van der Waals surface area (Å²) in [4.78, 5) is 22.0. The fraction of sp³-hybridized carbons (Fsp3) is 0.185. The molecule has 0 aliphatic rings. The van der Waals surface area contributed by atoms with Crippen molar-refractivity contribution in [1.29, 1.82) is 0 Å². The van der Waals surface area contributed by atoms with Crippen molar-refractivity contribution in [3.8, 4) is 22.8 Å². The van der Waals surface area contributed by atoms with E-state index in [0.29, 0.717) is 33.7 Å². The number of pyridine rings is 2. The minimum Gasteiger partial charge on any atom is -0.455 e. The zero-order chi connectivity index (χ0) is 23.8. The van der Waals surface area contributed by atoms with Crippen molar-refractivity contribution in [3.63, 3.8) is 0 Å². The number of benzene rings is 1. The number of rotatable bonds is 5. The quantitative estimate of drug-likeness (QED) is 0.349. The lowest BCUT2D eigenvalue weighted by molar-refractivity contribution is 0.426. The first-order chi connectivity index (χ1) is 16.4. The van der Waals surface area contributed by atoms with Crippen LogP contribution in [0.15, 0.2) is 74.8 Å². The van der Waals surface area contributed by atoms with Crippen LogP contribution in [0.1, 0.15) is 35.3 Å². The molecule has 170 valence electrons. The van der Waals surface area contributed by atoms with Gasteiger partial charge in [-0.1, -0.05) is 11.2 Å². The molecule has 0 saturated carbocycles. The highest BCUT2D eigenvalue weighted by Gasteiger charge is 2.20. The molecule has 0 spiro atoms. The van der Waals surface area contributed by atoms with E-state index in [4.69, 9.17) is 8.94 Å². The largest absolute Gasteiger partial charge is 0.455 e. The van der Waals surface area contributed by atoms with Gasteiger partial charge in [-0.3, -0.25) is 14.8 Å². The van der Waals surface area contributed by atoms with Crippen LogP contribution in [0, 0.1) is 20.8 Å². The molecule has 4 heterocycles. The molecule has 4 aromatic heterocycles. The molecule has 7 heteroatoms. The number of hydrogen-bond donors (Lipinski definition) is 1. The molecular formula is C27H24N4O3. The second kappa shape index (κ2) is 8.59. The predicted molar refractivity (Wildman–Crippen MR) is 132 cm³/mol. The first-order valence-electron chi connectivity index (χ1n) is 11.1. The number of fused-ring (bicyclic) bond motifs is 1. The maximum atomic E-state index is 13.3. The van der Waals surface area contributed by atoms with Gasteiger partial charge in [0.25, 0.3) is 0 Å². The van der Waals surface area contributed by atoms with Crippen LogP contribution in [0.3, 0.4) is 0 Å². The number of hydrogen-bond acceptors (Lipinski definition) is 7. The van der Waals surface area contributed by atoms with E-state index in [1.807, 2.05) is 63.2 Å². The van der Waals surface area contributed by atoms with E-state index < -0.39 is 0 Å². The van der Waals surface area contributed by atoms with E-state index in [1.54, 1.807) is 25.5 Å². The van der Waals surface area contributed by atoms with Gasteiger partial charge in [-0.15, -0.1) is 0 Å². The fourth-order valence-electron chi connectivity index (χ4n) is 4.17. The SMILES string of the molecule is Cc1cc([C@@H](C)Nc2cccnc2-c2cc(C)no2)c2oc(-c3cccnc3)c(C)c(=O)c2c1. The molecule has 0 radical (unpaired) electrons. The molecule has 0 saturated heterocycles. The number of aromatic nitrogens is 3. The molecule has 0 fully saturated rings. The Morgan fingerprint density at radius 2 is 1.85 bits per heavy atom. The van der Waals surface area contributed by atoms with Gasteiger partial charge in [0.15, 0.2) is 11.2 Å². The molecule has 1 N–H and O–H groups in total. The molecular weight excluding hydrogens is 428 g/mol. The van der Waals surface area contributed by atoms with Gasteiger partial charge in [-0.05, 0) is 63.6 Å². The summed E-state index contributed by atoms with van der Waals surface area (Å²) in [7, 11) is 0. The molecule has 0 unspecified atom stereocenters. The molecule has 0 amide bonds. The van der Waals surface area contributed by atoms with Crippen molar-refractivity contribution in [1.82, 2.24) is 15.1 Å². The second-order valence-corrected chi connectivity index (χ2v) is 8.46. The highest BCUT2D eigenvalue weighted by atomic mass is 16.5. The Hall–Kier alpha value is -4.26. The van der Waals surface area contributed by atoms with Gasteiger partial charge in [0.05, 0.1) is 22.8 Å². The number of anilines is 1. The second-order valence-electron chi connectivity index (χ2n) is 8.46. The fourth-order valence-corrected chi connectivity index (χ4v) is 4.17. The number of nitrogens with zero attached hydrogens (tertiary/aromatic N) is 3. The zero-order valence-corrected chi connectivity index (χ0v) is 19.4. The minimum atomic E-state index is -0.193. The highest BCUT2D eigenvalue weighted by molar-refractivity contribution is 5.85. The standard InChI is InChI=1S/C27H24N4O3/c1-15-11-20(18(4)30-22-8-6-10-29-24(22)23-13-16(2)31-34-23)27-21(12-15)25(32)17(3)26(33-27)19-7-5-9-28-14-19/h5-14,18,30H,1-4H3/t18-/m1/s1. The maximum Gasteiger partial charge on any atom is 0.196 e. The average molecular weight is 453 g/mol. The molecule has 1 aromatic carbocycles. The molecule has 0 aliphatic heterocycles. The van der Waals surface area contributed by atoms with E-state index in [9.17, 15) is 4.79 Å². The summed E-state index contributed by atoms with van der Waals surface area (Å²) >= 11 is 0. The van der Waals surface area contributed by atoms with Crippen molar-refractivity contribution >= 4 is 16.7 Å². The first kappa shape index (κ1) is 21.6. The Bertz CT molecular complexity index is 1550. The summed E-state index contributed by atoms with van der Waals surface area (Å²) in [6, 6.07) is 13.1. The van der Waals surface area contributed by atoms with Gasteiger partial charge in [0, 0.05) is 41.3 Å². The summed E-state index contributed by atoms with van der Waals surface area (Å²) in [5.74, 6) is 1.12. The van der Waals surface area contributed by atoms with Gasteiger partial charge >= 0.3 is 0 Å². The monoisotopic (exact) mass is 452 g/mol. The van der Waals surface area contributed by atoms with Crippen LogP contribution < -0.4 is 10.7 Å². The van der Waals surface area contributed by atoms with Crippen LogP contribution in [0.2, 0.25) is 0 Å². The van der Waals surface area contributed by atoms with E-state index >= 15 is 0 Å². The molecule has 34 heavy (non-hydrogen) atoms. The van der Waals surface area contributed by atoms with Crippen LogP contribution >= 0.6 is 0 Å². The molecule has 7 nitrogen and oxygen atoms in total. The smallest absolute Gasteiger partial charge is 0.196 e. The summed E-state index contributed by atoms with van der Waals surface area (Å²) < 4.78 is 11.8. The highest BCUT2D eigenvalue weighted by Crippen LogP contribution is 2.34. The van der Waals surface area contributed by atoms with Crippen molar-refractivity contribution in [3.05, 3.63) is 93.7 Å². The van der Waals surface area contributed by atoms with E-state index in [0.717, 1.165) is 28.1 Å². The van der Waals surface area contributed by atoms with Crippen LogP contribution in [0.25, 0.3) is 33.7 Å². The minimum absolute atomic E-state index is 0.0449. The zero-order valence-electron chi connectivity index (χ0n) is 19.4. The van der Waals surface area contributed by atoms with Crippen molar-refractivity contribution in [2.24, 2.45) is 0 Å². The van der Waals surface area contributed by atoms with Crippen molar-refractivity contribution in [2.45, 2.75) is 33.7 Å². The topological polar surface area (TPSA) is 94.1 Å². The normalized spacial score (nSPS) is 12.1. The van der Waals surface area contributed by atoms with Gasteiger partial charge in [-0.2, -0.15) is 0 Å². The van der Waals surface area contributed by atoms with Crippen LogP contribution in [-0.2, 0) is 0 Å². The van der Waals surface area contributed by atoms with Gasteiger partial charge in [-0.25, -0.2) is 0 Å². The number of nitrogens with one attached hydrogen (secondary N) is 1. The van der Waals surface area contributed by atoms with Crippen molar-refractivity contribution < 1.29 is 8.94 Å². The van der Waals surface area contributed by atoms with Gasteiger partial charge in [0.1, 0.15) is 17.0 Å². The van der Waals surface area contributed by atoms with Gasteiger partial charge in [0.2, 0.25) is 0 Å². The average Bonchev–Trinajstić information content (AvgIpc) is 3.28. The molecule has 5 rings (SSSR count).